The molecule has 0 fully saturated rings. The summed E-state index contributed by atoms with van der Waals surface area (Å²) in [4.78, 5) is 20.5. The Bertz CT molecular complexity index is 1510. The number of benzene rings is 4. The molecule has 0 aliphatic heterocycles. The first kappa shape index (κ1) is 19.8. The van der Waals surface area contributed by atoms with Crippen LogP contribution in [0.15, 0.2) is 95.8 Å². The summed E-state index contributed by atoms with van der Waals surface area (Å²) in [6.07, 6.45) is 3.91. The van der Waals surface area contributed by atoms with Crippen LogP contribution in [-0.4, -0.2) is 23.6 Å². The van der Waals surface area contributed by atoms with Crippen LogP contribution in [0.25, 0.3) is 39.5 Å². The third-order valence-corrected chi connectivity index (χ3v) is 5.64. The van der Waals surface area contributed by atoms with E-state index in [1.165, 1.54) is 0 Å². The zero-order valence-corrected chi connectivity index (χ0v) is 18.1. The molecule has 0 atom stereocenters. The number of rotatable bonds is 4. The minimum atomic E-state index is -0.0745. The highest BCUT2D eigenvalue weighted by Crippen LogP contribution is 2.24. The fraction of sp³-hybridized carbons (Fsp3) is 0.0714. The molecule has 0 aliphatic rings. The van der Waals surface area contributed by atoms with Crippen molar-refractivity contribution in [2.75, 3.05) is 19.0 Å². The van der Waals surface area contributed by atoms with Crippen molar-refractivity contribution in [1.82, 2.24) is 9.55 Å². The molecular formula is C28H23N3O. The topological polar surface area (TPSA) is 38.1 Å². The van der Waals surface area contributed by atoms with Gasteiger partial charge >= 0.3 is 0 Å². The molecular weight excluding hydrogens is 394 g/mol. The second-order valence-electron chi connectivity index (χ2n) is 7.95. The second-order valence-corrected chi connectivity index (χ2v) is 7.95. The molecule has 0 radical (unpaired) electrons. The van der Waals surface area contributed by atoms with Gasteiger partial charge in [0, 0.05) is 25.2 Å². The fourth-order valence-electron chi connectivity index (χ4n) is 3.95. The lowest BCUT2D eigenvalue weighted by molar-refractivity contribution is 0.952. The Kier molecular flexibility index (Phi) is 5.04. The number of hydrogen-bond donors (Lipinski definition) is 0. The van der Waals surface area contributed by atoms with Crippen LogP contribution in [0.3, 0.4) is 0 Å². The summed E-state index contributed by atoms with van der Waals surface area (Å²) in [5.41, 5.74) is 3.63. The lowest BCUT2D eigenvalue weighted by Crippen LogP contribution is -2.22. The molecule has 4 heteroatoms. The van der Waals surface area contributed by atoms with Crippen molar-refractivity contribution >= 4 is 39.5 Å². The molecule has 5 aromatic rings. The Labute approximate surface area is 186 Å². The molecule has 0 N–H and O–H groups in total. The van der Waals surface area contributed by atoms with E-state index in [0.717, 1.165) is 27.7 Å². The summed E-state index contributed by atoms with van der Waals surface area (Å²) in [6.45, 7) is 0. The smallest absolute Gasteiger partial charge is 0.266 e. The Morgan fingerprint density at radius 2 is 1.44 bits per heavy atom. The van der Waals surface area contributed by atoms with Gasteiger partial charge in [0.1, 0.15) is 5.82 Å². The van der Waals surface area contributed by atoms with Crippen molar-refractivity contribution in [3.63, 3.8) is 0 Å². The van der Waals surface area contributed by atoms with Crippen molar-refractivity contribution in [1.29, 1.82) is 0 Å². The van der Waals surface area contributed by atoms with E-state index in [4.69, 9.17) is 4.98 Å². The maximum Gasteiger partial charge on any atom is 0.266 e. The van der Waals surface area contributed by atoms with Gasteiger partial charge in [0.15, 0.2) is 0 Å². The quantitative estimate of drug-likeness (QED) is 0.372. The number of anilines is 1. The first-order valence-corrected chi connectivity index (χ1v) is 10.6. The minimum Gasteiger partial charge on any atom is -0.378 e. The third-order valence-electron chi connectivity index (χ3n) is 5.64. The van der Waals surface area contributed by atoms with E-state index in [2.05, 4.69) is 41.3 Å². The normalized spacial score (nSPS) is 11.4. The van der Waals surface area contributed by atoms with Gasteiger partial charge in [0.2, 0.25) is 0 Å². The molecule has 5 rings (SSSR count). The number of aromatic nitrogens is 2. The monoisotopic (exact) mass is 417 g/mol. The number of nitrogens with zero attached hydrogens (tertiary/aromatic N) is 3. The number of para-hydroxylation sites is 1. The Morgan fingerprint density at radius 3 is 2.22 bits per heavy atom. The van der Waals surface area contributed by atoms with Crippen molar-refractivity contribution in [3.05, 3.63) is 113 Å². The van der Waals surface area contributed by atoms with E-state index in [1.54, 1.807) is 4.57 Å². The Morgan fingerprint density at radius 1 is 0.750 bits per heavy atom. The van der Waals surface area contributed by atoms with Gasteiger partial charge in [-0.1, -0.05) is 66.7 Å². The van der Waals surface area contributed by atoms with Gasteiger partial charge < -0.3 is 4.90 Å². The predicted octanol–water partition coefficient (Wildman–Crippen LogP) is 5.78. The van der Waals surface area contributed by atoms with Crippen LogP contribution in [-0.2, 0) is 0 Å². The zero-order valence-electron chi connectivity index (χ0n) is 18.1. The van der Waals surface area contributed by atoms with E-state index in [0.29, 0.717) is 16.7 Å². The molecule has 4 nitrogen and oxygen atoms in total. The van der Waals surface area contributed by atoms with Crippen molar-refractivity contribution < 1.29 is 0 Å². The van der Waals surface area contributed by atoms with Crippen molar-refractivity contribution in [2.45, 2.75) is 0 Å². The minimum absolute atomic E-state index is 0.0745. The van der Waals surface area contributed by atoms with Gasteiger partial charge in [-0.2, -0.15) is 0 Å². The Hall–Kier alpha value is -4.18. The van der Waals surface area contributed by atoms with E-state index < -0.39 is 0 Å². The molecule has 0 spiro atoms. The predicted molar refractivity (Wildman–Crippen MR) is 135 cm³/mol. The summed E-state index contributed by atoms with van der Waals surface area (Å²) in [5, 5.41) is 2.70. The highest BCUT2D eigenvalue weighted by atomic mass is 16.1. The molecule has 1 aromatic heterocycles. The molecule has 32 heavy (non-hydrogen) atoms. The summed E-state index contributed by atoms with van der Waals surface area (Å²) >= 11 is 0. The highest BCUT2D eigenvalue weighted by molar-refractivity contribution is 5.91. The average molecular weight is 418 g/mol. The van der Waals surface area contributed by atoms with Crippen molar-refractivity contribution in [3.8, 4) is 5.69 Å². The molecule has 0 bridgehead atoms. The van der Waals surface area contributed by atoms with Crippen LogP contribution in [0.5, 0.6) is 0 Å². The third kappa shape index (κ3) is 3.56. The first-order valence-electron chi connectivity index (χ1n) is 10.6. The molecule has 0 aliphatic carbocycles. The van der Waals surface area contributed by atoms with E-state index in [9.17, 15) is 4.79 Å². The highest BCUT2D eigenvalue weighted by Gasteiger charge is 2.13. The average Bonchev–Trinajstić information content (AvgIpc) is 2.83. The first-order chi connectivity index (χ1) is 15.6. The maximum absolute atomic E-state index is 13.6. The van der Waals surface area contributed by atoms with Crippen LogP contribution < -0.4 is 10.5 Å². The summed E-state index contributed by atoms with van der Waals surface area (Å²) in [7, 11) is 4.04. The standard InChI is InChI=1S/C28H23N3O/c1-30(2)22-17-14-20(15-18-22)16-19-27-29-25-12-6-5-11-24(25)28(32)31(27)26-13-7-9-21-8-3-4-10-23(21)26/h3-19H,1-2H3. The number of hydrogen-bond acceptors (Lipinski definition) is 3. The molecule has 0 saturated heterocycles. The largest absolute Gasteiger partial charge is 0.378 e. The van der Waals surface area contributed by atoms with Crippen LogP contribution in [0.2, 0.25) is 0 Å². The Balaban J connectivity index is 1.72. The maximum atomic E-state index is 13.6. The van der Waals surface area contributed by atoms with E-state index >= 15 is 0 Å². The van der Waals surface area contributed by atoms with Crippen molar-refractivity contribution in [2.24, 2.45) is 0 Å². The van der Waals surface area contributed by atoms with Gasteiger partial charge in [-0.15, -0.1) is 0 Å². The second kappa shape index (κ2) is 8.16. The van der Waals surface area contributed by atoms with E-state index in [-0.39, 0.29) is 5.56 Å². The van der Waals surface area contributed by atoms with Gasteiger partial charge in [-0.3, -0.25) is 9.36 Å². The number of fused-ring (bicyclic) bond motifs is 2. The fourth-order valence-corrected chi connectivity index (χ4v) is 3.95. The van der Waals surface area contributed by atoms with Crippen LogP contribution in [0.4, 0.5) is 5.69 Å². The molecule has 4 aromatic carbocycles. The summed E-state index contributed by atoms with van der Waals surface area (Å²) < 4.78 is 1.72. The van der Waals surface area contributed by atoms with E-state index in [1.807, 2.05) is 80.8 Å². The van der Waals surface area contributed by atoms with Gasteiger partial charge in [-0.05, 0) is 47.4 Å². The lowest BCUT2D eigenvalue weighted by Gasteiger charge is -2.14. The van der Waals surface area contributed by atoms with Gasteiger partial charge in [-0.25, -0.2) is 4.98 Å². The lowest BCUT2D eigenvalue weighted by atomic mass is 10.1. The summed E-state index contributed by atoms with van der Waals surface area (Å²) in [6, 6.07) is 29.9. The molecule has 0 amide bonds. The van der Waals surface area contributed by atoms with Crippen LogP contribution in [0.1, 0.15) is 11.4 Å². The SMILES string of the molecule is CN(C)c1ccc(C=Cc2nc3ccccc3c(=O)n2-c2cccc3ccccc23)cc1. The zero-order chi connectivity index (χ0) is 22.1. The van der Waals surface area contributed by atoms with Gasteiger partial charge in [0.05, 0.1) is 16.6 Å². The molecule has 0 unspecified atom stereocenters. The molecule has 0 saturated carbocycles. The van der Waals surface area contributed by atoms with Crippen LogP contribution >= 0.6 is 0 Å². The molecule has 1 heterocycles. The van der Waals surface area contributed by atoms with Gasteiger partial charge in [0.25, 0.3) is 5.56 Å². The van der Waals surface area contributed by atoms with Crippen LogP contribution in [0, 0.1) is 0 Å². The summed E-state index contributed by atoms with van der Waals surface area (Å²) in [5.74, 6) is 0.599. The molecule has 156 valence electrons.